The van der Waals surface area contributed by atoms with Crippen molar-refractivity contribution in [3.8, 4) is 0 Å². The summed E-state index contributed by atoms with van der Waals surface area (Å²) in [4.78, 5) is 26.6. The zero-order chi connectivity index (χ0) is 17.9. The first-order valence-electron chi connectivity index (χ1n) is 8.46. The fourth-order valence-electron chi connectivity index (χ4n) is 3.57. The molecular weight excluding hydrogens is 318 g/mol. The first kappa shape index (κ1) is 17.4. The maximum atomic E-state index is 12.2. The summed E-state index contributed by atoms with van der Waals surface area (Å²) in [6.45, 7) is 2.09. The van der Waals surface area contributed by atoms with Crippen molar-refractivity contribution in [2.45, 2.75) is 19.4 Å². The lowest BCUT2D eigenvalue weighted by atomic mass is 9.78. The topological polar surface area (TPSA) is 55.8 Å². The molecular formula is C20H23NO4. The van der Waals surface area contributed by atoms with Crippen LogP contribution in [0.3, 0.4) is 0 Å². The highest BCUT2D eigenvalue weighted by atomic mass is 16.5. The third kappa shape index (κ3) is 3.37. The summed E-state index contributed by atoms with van der Waals surface area (Å²) in [5.74, 6) is -0.991. The summed E-state index contributed by atoms with van der Waals surface area (Å²) in [5, 5.41) is 2.44. The van der Waals surface area contributed by atoms with Crippen LogP contribution >= 0.6 is 0 Å². The second-order valence-corrected chi connectivity index (χ2v) is 6.52. The molecule has 0 spiro atoms. The zero-order valence-electron chi connectivity index (χ0n) is 14.7. The smallest absolute Gasteiger partial charge is 0.323 e. The van der Waals surface area contributed by atoms with Gasteiger partial charge in [0.2, 0.25) is 0 Å². The van der Waals surface area contributed by atoms with Gasteiger partial charge in [0.1, 0.15) is 0 Å². The number of carbonyl (C=O) groups is 2. The van der Waals surface area contributed by atoms with Gasteiger partial charge >= 0.3 is 11.9 Å². The van der Waals surface area contributed by atoms with Crippen molar-refractivity contribution in [1.82, 2.24) is 4.90 Å². The molecule has 0 unspecified atom stereocenters. The highest BCUT2D eigenvalue weighted by molar-refractivity contribution is 6.00. The summed E-state index contributed by atoms with van der Waals surface area (Å²) in [6, 6.07) is 14.7. The number of carbonyl (C=O) groups excluding carboxylic acids is 2. The Morgan fingerprint density at radius 2 is 1.56 bits per heavy atom. The van der Waals surface area contributed by atoms with Crippen LogP contribution in [0.4, 0.5) is 0 Å². The molecule has 2 aromatic rings. The van der Waals surface area contributed by atoms with E-state index in [2.05, 4.69) is 35.2 Å². The monoisotopic (exact) mass is 341 g/mol. The molecule has 0 saturated carbocycles. The lowest BCUT2D eigenvalue weighted by Gasteiger charge is -2.37. The quantitative estimate of drug-likeness (QED) is 0.632. The molecule has 0 radical (unpaired) electrons. The van der Waals surface area contributed by atoms with E-state index < -0.39 is 17.4 Å². The van der Waals surface area contributed by atoms with Crippen LogP contribution in [0.5, 0.6) is 0 Å². The van der Waals surface area contributed by atoms with E-state index in [0.29, 0.717) is 25.9 Å². The van der Waals surface area contributed by atoms with Crippen LogP contribution in [0.2, 0.25) is 0 Å². The van der Waals surface area contributed by atoms with Crippen LogP contribution in [0, 0.1) is 5.41 Å². The fourth-order valence-corrected chi connectivity index (χ4v) is 3.57. The number of methoxy groups -OCH3 is 2. The number of ether oxygens (including phenoxy) is 2. The van der Waals surface area contributed by atoms with Crippen molar-refractivity contribution in [1.29, 1.82) is 0 Å². The maximum Gasteiger partial charge on any atom is 0.323 e. The molecule has 0 atom stereocenters. The number of benzene rings is 2. The van der Waals surface area contributed by atoms with E-state index in [9.17, 15) is 9.59 Å². The van der Waals surface area contributed by atoms with Gasteiger partial charge in [-0.3, -0.25) is 14.5 Å². The molecule has 0 bridgehead atoms. The van der Waals surface area contributed by atoms with Crippen molar-refractivity contribution >= 4 is 22.7 Å². The molecule has 0 amide bonds. The van der Waals surface area contributed by atoms with Gasteiger partial charge in [-0.05, 0) is 35.2 Å². The molecule has 2 aromatic carbocycles. The molecule has 132 valence electrons. The van der Waals surface area contributed by atoms with Crippen molar-refractivity contribution < 1.29 is 19.1 Å². The number of nitrogens with zero attached hydrogens (tertiary/aromatic N) is 1. The van der Waals surface area contributed by atoms with Crippen LogP contribution in [-0.4, -0.2) is 44.1 Å². The maximum absolute atomic E-state index is 12.2. The fraction of sp³-hybridized carbons (Fsp3) is 0.400. The Hall–Kier alpha value is -2.40. The molecule has 25 heavy (non-hydrogen) atoms. The van der Waals surface area contributed by atoms with Gasteiger partial charge in [0.25, 0.3) is 0 Å². The normalized spacial score (nSPS) is 17.2. The van der Waals surface area contributed by atoms with Crippen molar-refractivity contribution in [2.75, 3.05) is 27.3 Å². The van der Waals surface area contributed by atoms with Gasteiger partial charge < -0.3 is 9.47 Å². The molecule has 0 aromatic heterocycles. The second kappa shape index (κ2) is 7.23. The highest BCUT2D eigenvalue weighted by Gasteiger charge is 2.50. The van der Waals surface area contributed by atoms with E-state index in [1.807, 2.05) is 12.1 Å². The number of piperidine rings is 1. The summed E-state index contributed by atoms with van der Waals surface area (Å²) in [5.41, 5.74) is 0.0611. The summed E-state index contributed by atoms with van der Waals surface area (Å²) in [6.07, 6.45) is 0.833. The van der Waals surface area contributed by atoms with E-state index >= 15 is 0 Å². The molecule has 1 heterocycles. The molecule has 5 heteroatoms. The average Bonchev–Trinajstić information content (AvgIpc) is 2.67. The number of esters is 2. The Bertz CT molecular complexity index is 760. The lowest BCUT2D eigenvalue weighted by Crippen LogP contribution is -2.49. The number of hydrogen-bond acceptors (Lipinski definition) is 5. The van der Waals surface area contributed by atoms with Crippen LogP contribution in [0.15, 0.2) is 42.5 Å². The van der Waals surface area contributed by atoms with E-state index in [1.54, 1.807) is 0 Å². The van der Waals surface area contributed by atoms with Gasteiger partial charge in [-0.25, -0.2) is 0 Å². The third-order valence-corrected chi connectivity index (χ3v) is 5.08. The summed E-state index contributed by atoms with van der Waals surface area (Å²) in [7, 11) is 2.63. The standard InChI is InChI=1S/C20H23NO4/c1-24-18(22)20(19(23)25-2)9-11-21(12-10-20)14-15-7-8-16-5-3-4-6-17(16)13-15/h3-8,13H,9-12,14H2,1-2H3. The van der Waals surface area contributed by atoms with E-state index in [1.165, 1.54) is 30.6 Å². The number of fused-ring (bicyclic) bond motifs is 1. The molecule has 5 nitrogen and oxygen atoms in total. The van der Waals surface area contributed by atoms with Crippen LogP contribution < -0.4 is 0 Å². The predicted molar refractivity (Wildman–Crippen MR) is 94.9 cm³/mol. The van der Waals surface area contributed by atoms with Crippen molar-refractivity contribution in [3.63, 3.8) is 0 Å². The van der Waals surface area contributed by atoms with Gasteiger partial charge in [-0.2, -0.15) is 0 Å². The molecule has 0 N–H and O–H groups in total. The molecule has 3 rings (SSSR count). The van der Waals surface area contributed by atoms with Gasteiger partial charge in [0.05, 0.1) is 14.2 Å². The minimum Gasteiger partial charge on any atom is -0.468 e. The Morgan fingerprint density at radius 1 is 0.960 bits per heavy atom. The van der Waals surface area contributed by atoms with Crippen molar-refractivity contribution in [2.24, 2.45) is 5.41 Å². The van der Waals surface area contributed by atoms with Crippen molar-refractivity contribution in [3.05, 3.63) is 48.0 Å². The van der Waals surface area contributed by atoms with E-state index in [4.69, 9.17) is 9.47 Å². The molecule has 0 aliphatic carbocycles. The van der Waals surface area contributed by atoms with Gasteiger partial charge in [-0.1, -0.05) is 36.4 Å². The van der Waals surface area contributed by atoms with E-state index in [-0.39, 0.29) is 0 Å². The number of likely N-dealkylation sites (tertiary alicyclic amines) is 1. The predicted octanol–water partition coefficient (Wildman–Crippen LogP) is 2.77. The van der Waals surface area contributed by atoms with Crippen LogP contribution in [-0.2, 0) is 25.6 Å². The average molecular weight is 341 g/mol. The highest BCUT2D eigenvalue weighted by Crippen LogP contribution is 2.35. The first-order valence-corrected chi connectivity index (χ1v) is 8.46. The molecule has 1 fully saturated rings. The third-order valence-electron chi connectivity index (χ3n) is 5.08. The Labute approximate surface area is 147 Å². The molecule has 1 aliphatic heterocycles. The molecule has 1 aliphatic rings. The largest absolute Gasteiger partial charge is 0.468 e. The Morgan fingerprint density at radius 3 is 2.16 bits per heavy atom. The second-order valence-electron chi connectivity index (χ2n) is 6.52. The zero-order valence-corrected chi connectivity index (χ0v) is 14.7. The van der Waals surface area contributed by atoms with Crippen LogP contribution in [0.25, 0.3) is 10.8 Å². The minimum atomic E-state index is -1.16. The van der Waals surface area contributed by atoms with E-state index in [0.717, 1.165) is 6.54 Å². The summed E-state index contributed by atoms with van der Waals surface area (Å²) < 4.78 is 9.72. The summed E-state index contributed by atoms with van der Waals surface area (Å²) >= 11 is 0. The first-order chi connectivity index (χ1) is 12.1. The van der Waals surface area contributed by atoms with Gasteiger partial charge in [0.15, 0.2) is 5.41 Å². The Kier molecular flexibility index (Phi) is 5.04. The number of rotatable bonds is 4. The SMILES string of the molecule is COC(=O)C1(C(=O)OC)CCN(Cc2ccc3ccccc3c2)CC1. The molecule has 1 saturated heterocycles. The lowest BCUT2D eigenvalue weighted by molar-refractivity contribution is -0.173. The number of hydrogen-bond donors (Lipinski definition) is 0. The van der Waals surface area contributed by atoms with Gasteiger partial charge in [0, 0.05) is 19.6 Å². The minimum absolute atomic E-state index is 0.417. The van der Waals surface area contributed by atoms with Crippen LogP contribution in [0.1, 0.15) is 18.4 Å². The Balaban J connectivity index is 1.70. The van der Waals surface area contributed by atoms with Gasteiger partial charge in [-0.15, -0.1) is 0 Å².